The molecule has 3 aromatic rings. The summed E-state index contributed by atoms with van der Waals surface area (Å²) in [6, 6.07) is 11.4. The van der Waals surface area contributed by atoms with Crippen LogP contribution in [0.25, 0.3) is 5.65 Å². The number of hydrogen-bond donors (Lipinski definition) is 1. The van der Waals surface area contributed by atoms with E-state index in [0.29, 0.717) is 11.6 Å². The molecule has 2 heterocycles. The second-order valence-electron chi connectivity index (χ2n) is 6.03. The first-order valence-electron chi connectivity index (χ1n) is 7.77. The Morgan fingerprint density at radius 3 is 2.88 bits per heavy atom. The number of fused-ring (bicyclic) bond motifs is 1. The minimum absolute atomic E-state index is 0.00336. The maximum absolute atomic E-state index is 12.3. The van der Waals surface area contributed by atoms with Crippen LogP contribution >= 0.6 is 23.2 Å². The molecule has 1 saturated carbocycles. The molecule has 2 aromatic heterocycles. The predicted octanol–water partition coefficient (Wildman–Crippen LogP) is 4.06. The maximum atomic E-state index is 12.3. The molecule has 0 aliphatic heterocycles. The topological polar surface area (TPSA) is 46.4 Å². The van der Waals surface area contributed by atoms with Crippen molar-refractivity contribution in [2.45, 2.75) is 18.9 Å². The number of hydrogen-bond acceptors (Lipinski definition) is 2. The van der Waals surface area contributed by atoms with Crippen LogP contribution in [0.4, 0.5) is 0 Å². The van der Waals surface area contributed by atoms with Crippen molar-refractivity contribution in [2.24, 2.45) is 5.92 Å². The third kappa shape index (κ3) is 2.99. The lowest BCUT2D eigenvalue weighted by Gasteiger charge is -2.04. The van der Waals surface area contributed by atoms with Gasteiger partial charge in [-0.1, -0.05) is 41.4 Å². The number of benzene rings is 1. The Balaban J connectivity index is 1.39. The molecule has 0 saturated heterocycles. The Kier molecular flexibility index (Phi) is 3.94. The van der Waals surface area contributed by atoms with Gasteiger partial charge in [-0.3, -0.25) is 4.79 Å². The highest BCUT2D eigenvalue weighted by molar-refractivity contribution is 6.31. The van der Waals surface area contributed by atoms with Crippen LogP contribution in [0.3, 0.4) is 0 Å². The average Bonchev–Trinajstić information content (AvgIpc) is 3.26. The van der Waals surface area contributed by atoms with Gasteiger partial charge in [0, 0.05) is 23.3 Å². The SMILES string of the molecule is O=C(NCc1cn2cc(Cl)ccc2n1)C1CC1c1ccccc1Cl. The van der Waals surface area contributed by atoms with E-state index in [9.17, 15) is 4.79 Å². The molecule has 0 bridgehead atoms. The number of aromatic nitrogens is 2. The summed E-state index contributed by atoms with van der Waals surface area (Å²) in [6.45, 7) is 0.407. The van der Waals surface area contributed by atoms with E-state index in [0.717, 1.165) is 28.3 Å². The first-order chi connectivity index (χ1) is 11.6. The molecular weight excluding hydrogens is 345 g/mol. The van der Waals surface area contributed by atoms with Crippen molar-refractivity contribution in [2.75, 3.05) is 0 Å². The first kappa shape index (κ1) is 15.5. The minimum atomic E-state index is -0.00336. The molecular formula is C18H15Cl2N3O. The van der Waals surface area contributed by atoms with Crippen LogP contribution in [0.2, 0.25) is 10.0 Å². The van der Waals surface area contributed by atoms with Crippen molar-refractivity contribution in [1.82, 2.24) is 14.7 Å². The monoisotopic (exact) mass is 359 g/mol. The summed E-state index contributed by atoms with van der Waals surface area (Å²) in [6.07, 6.45) is 4.51. The van der Waals surface area contributed by atoms with Gasteiger partial charge in [0.05, 0.1) is 17.3 Å². The molecule has 4 rings (SSSR count). The molecule has 1 aliphatic carbocycles. The lowest BCUT2D eigenvalue weighted by atomic mass is 10.1. The molecule has 0 spiro atoms. The number of nitrogens with one attached hydrogen (secondary N) is 1. The van der Waals surface area contributed by atoms with Crippen LogP contribution in [-0.2, 0) is 11.3 Å². The summed E-state index contributed by atoms with van der Waals surface area (Å²) in [7, 11) is 0. The predicted molar refractivity (Wildman–Crippen MR) is 94.3 cm³/mol. The summed E-state index contributed by atoms with van der Waals surface area (Å²) in [5, 5.41) is 4.35. The normalized spacial score (nSPS) is 19.4. The van der Waals surface area contributed by atoms with E-state index in [1.54, 1.807) is 12.3 Å². The van der Waals surface area contributed by atoms with Gasteiger partial charge in [-0.15, -0.1) is 0 Å². The summed E-state index contributed by atoms with van der Waals surface area (Å²) < 4.78 is 1.85. The quantitative estimate of drug-likeness (QED) is 0.763. The standard InChI is InChI=1S/C18H15Cl2N3O/c19-11-5-6-17-22-12(10-23(17)9-11)8-21-18(24)15-7-14(15)13-3-1-2-4-16(13)20/h1-6,9-10,14-15H,7-8H2,(H,21,24). The number of carbonyl (C=O) groups excluding carboxylic acids is 1. The molecule has 6 heteroatoms. The highest BCUT2D eigenvalue weighted by Crippen LogP contribution is 2.49. The lowest BCUT2D eigenvalue weighted by Crippen LogP contribution is -2.25. The van der Waals surface area contributed by atoms with Gasteiger partial charge in [0.25, 0.3) is 0 Å². The fourth-order valence-corrected chi connectivity index (χ4v) is 3.46. The minimum Gasteiger partial charge on any atom is -0.350 e. The summed E-state index contributed by atoms with van der Waals surface area (Å²) in [4.78, 5) is 16.8. The van der Waals surface area contributed by atoms with Crippen molar-refractivity contribution >= 4 is 34.8 Å². The van der Waals surface area contributed by atoms with E-state index in [1.165, 1.54) is 0 Å². The van der Waals surface area contributed by atoms with E-state index in [2.05, 4.69) is 10.3 Å². The Labute approximate surface area is 149 Å². The van der Waals surface area contributed by atoms with Gasteiger partial charge in [0.1, 0.15) is 5.65 Å². The van der Waals surface area contributed by atoms with Gasteiger partial charge in [-0.25, -0.2) is 4.98 Å². The van der Waals surface area contributed by atoms with Crippen LogP contribution in [-0.4, -0.2) is 15.3 Å². The molecule has 1 aromatic carbocycles. The molecule has 2 atom stereocenters. The van der Waals surface area contributed by atoms with Crippen LogP contribution in [0.5, 0.6) is 0 Å². The van der Waals surface area contributed by atoms with E-state index in [1.807, 2.05) is 40.9 Å². The molecule has 1 N–H and O–H groups in total. The smallest absolute Gasteiger partial charge is 0.224 e. The molecule has 0 radical (unpaired) electrons. The number of pyridine rings is 1. The number of carbonyl (C=O) groups is 1. The van der Waals surface area contributed by atoms with Gasteiger partial charge in [-0.2, -0.15) is 0 Å². The summed E-state index contributed by atoms with van der Waals surface area (Å²) >= 11 is 12.2. The zero-order chi connectivity index (χ0) is 16.7. The Morgan fingerprint density at radius 2 is 2.04 bits per heavy atom. The van der Waals surface area contributed by atoms with Gasteiger partial charge in [-0.05, 0) is 36.1 Å². The molecule has 1 amide bonds. The van der Waals surface area contributed by atoms with Crippen LogP contribution < -0.4 is 5.32 Å². The van der Waals surface area contributed by atoms with Gasteiger partial charge < -0.3 is 9.72 Å². The maximum Gasteiger partial charge on any atom is 0.224 e. The first-order valence-corrected chi connectivity index (χ1v) is 8.52. The third-order valence-electron chi connectivity index (χ3n) is 4.34. The van der Waals surface area contributed by atoms with Crippen LogP contribution in [0.1, 0.15) is 23.6 Å². The van der Waals surface area contributed by atoms with Gasteiger partial charge in [0.2, 0.25) is 5.91 Å². The number of rotatable bonds is 4. The number of nitrogens with zero attached hydrogens (tertiary/aromatic N) is 2. The second kappa shape index (κ2) is 6.11. The van der Waals surface area contributed by atoms with Crippen LogP contribution in [0, 0.1) is 5.92 Å². The molecule has 24 heavy (non-hydrogen) atoms. The van der Waals surface area contributed by atoms with E-state index < -0.39 is 0 Å². The van der Waals surface area contributed by atoms with Crippen molar-refractivity contribution in [3.05, 3.63) is 70.1 Å². The Bertz CT molecular complexity index is 922. The number of imidazole rings is 1. The number of halogens is 2. The highest BCUT2D eigenvalue weighted by atomic mass is 35.5. The average molecular weight is 360 g/mol. The van der Waals surface area contributed by atoms with Crippen molar-refractivity contribution in [3.8, 4) is 0 Å². The van der Waals surface area contributed by atoms with Crippen molar-refractivity contribution in [1.29, 1.82) is 0 Å². The Morgan fingerprint density at radius 1 is 1.21 bits per heavy atom. The van der Waals surface area contributed by atoms with Gasteiger partial charge in [0.15, 0.2) is 0 Å². The molecule has 1 aliphatic rings. The molecule has 2 unspecified atom stereocenters. The van der Waals surface area contributed by atoms with Crippen molar-refractivity contribution < 1.29 is 4.79 Å². The van der Waals surface area contributed by atoms with Crippen molar-refractivity contribution in [3.63, 3.8) is 0 Å². The summed E-state index contributed by atoms with van der Waals surface area (Å²) in [5.74, 6) is 0.268. The zero-order valence-electron chi connectivity index (χ0n) is 12.7. The molecule has 4 nitrogen and oxygen atoms in total. The highest BCUT2D eigenvalue weighted by Gasteiger charge is 2.44. The van der Waals surface area contributed by atoms with E-state index in [4.69, 9.17) is 23.2 Å². The van der Waals surface area contributed by atoms with E-state index >= 15 is 0 Å². The largest absolute Gasteiger partial charge is 0.350 e. The molecule has 122 valence electrons. The van der Waals surface area contributed by atoms with E-state index in [-0.39, 0.29) is 17.7 Å². The fraction of sp³-hybridized carbons (Fsp3) is 0.222. The second-order valence-corrected chi connectivity index (χ2v) is 6.88. The van der Waals surface area contributed by atoms with Gasteiger partial charge >= 0.3 is 0 Å². The fourth-order valence-electron chi connectivity index (χ4n) is 3.02. The molecule has 1 fully saturated rings. The summed E-state index contributed by atoms with van der Waals surface area (Å²) in [5.41, 5.74) is 2.67. The third-order valence-corrected chi connectivity index (χ3v) is 4.91. The van der Waals surface area contributed by atoms with Crippen LogP contribution in [0.15, 0.2) is 48.8 Å². The lowest BCUT2D eigenvalue weighted by molar-refractivity contribution is -0.122. The Hall–Kier alpha value is -2.04. The zero-order valence-corrected chi connectivity index (χ0v) is 14.3. The number of amides is 1.